The summed E-state index contributed by atoms with van der Waals surface area (Å²) in [6.07, 6.45) is 7.76. The van der Waals surface area contributed by atoms with E-state index in [1.165, 1.54) is 37.7 Å². The van der Waals surface area contributed by atoms with Gasteiger partial charge >= 0.3 is 0 Å². The van der Waals surface area contributed by atoms with E-state index < -0.39 is 0 Å². The van der Waals surface area contributed by atoms with Crippen LogP contribution in [0.15, 0.2) is 24.3 Å². The minimum Gasteiger partial charge on any atom is -0.490 e. The highest BCUT2D eigenvalue weighted by molar-refractivity contribution is 5.29. The van der Waals surface area contributed by atoms with E-state index in [-0.39, 0.29) is 0 Å². The van der Waals surface area contributed by atoms with E-state index in [0.717, 1.165) is 24.6 Å². The summed E-state index contributed by atoms with van der Waals surface area (Å²) in [5.74, 6) is 1.91. The standard InChI is InChI=1S/C19H31NO/c1-4-14-20-19(5-2)16-8-12-18(13-9-16)21-17-10-6-15(3)7-11-17/h8-9,12-13,15,17,19-20H,4-7,10-11,14H2,1-3H3. The van der Waals surface area contributed by atoms with E-state index in [0.29, 0.717) is 12.1 Å². The lowest BCUT2D eigenvalue weighted by atomic mass is 9.89. The van der Waals surface area contributed by atoms with Gasteiger partial charge in [0.25, 0.3) is 0 Å². The Morgan fingerprint density at radius 1 is 1.10 bits per heavy atom. The van der Waals surface area contributed by atoms with E-state index >= 15 is 0 Å². The summed E-state index contributed by atoms with van der Waals surface area (Å²) in [6, 6.07) is 9.19. The van der Waals surface area contributed by atoms with Gasteiger partial charge in [0.2, 0.25) is 0 Å². The molecule has 118 valence electrons. The minimum atomic E-state index is 0.423. The van der Waals surface area contributed by atoms with Crippen molar-refractivity contribution in [2.24, 2.45) is 5.92 Å². The van der Waals surface area contributed by atoms with E-state index in [2.05, 4.69) is 50.4 Å². The summed E-state index contributed by atoms with van der Waals surface area (Å²) in [7, 11) is 0. The van der Waals surface area contributed by atoms with Gasteiger partial charge in [0.05, 0.1) is 6.10 Å². The van der Waals surface area contributed by atoms with Crippen molar-refractivity contribution in [1.29, 1.82) is 0 Å². The molecular formula is C19H31NO. The molecule has 1 saturated carbocycles. The molecule has 1 unspecified atom stereocenters. The van der Waals surface area contributed by atoms with E-state index in [1.54, 1.807) is 0 Å². The molecule has 1 aromatic rings. The van der Waals surface area contributed by atoms with Crippen LogP contribution in [0.3, 0.4) is 0 Å². The smallest absolute Gasteiger partial charge is 0.119 e. The first kappa shape index (κ1) is 16.4. The molecule has 2 heteroatoms. The van der Waals surface area contributed by atoms with Gasteiger partial charge in [-0.15, -0.1) is 0 Å². The van der Waals surface area contributed by atoms with Gasteiger partial charge in [0.15, 0.2) is 0 Å². The molecule has 1 aliphatic carbocycles. The summed E-state index contributed by atoms with van der Waals surface area (Å²) in [5, 5.41) is 3.60. The number of hydrogen-bond donors (Lipinski definition) is 1. The van der Waals surface area contributed by atoms with Crippen LogP contribution in [0, 0.1) is 5.92 Å². The second-order valence-electron chi connectivity index (χ2n) is 6.48. The second kappa shape index (κ2) is 8.43. The zero-order valence-corrected chi connectivity index (χ0v) is 13.9. The molecule has 1 aliphatic rings. The summed E-state index contributed by atoms with van der Waals surface area (Å²) < 4.78 is 6.13. The molecule has 0 aromatic heterocycles. The Kier molecular flexibility index (Phi) is 6.56. The van der Waals surface area contributed by atoms with Crippen LogP contribution in [0.1, 0.15) is 70.9 Å². The minimum absolute atomic E-state index is 0.423. The third-order valence-corrected chi connectivity index (χ3v) is 4.60. The maximum Gasteiger partial charge on any atom is 0.119 e. The predicted octanol–water partition coefficient (Wildman–Crippen LogP) is 5.09. The summed E-state index contributed by atoms with van der Waals surface area (Å²) >= 11 is 0. The number of benzene rings is 1. The summed E-state index contributed by atoms with van der Waals surface area (Å²) in [4.78, 5) is 0. The van der Waals surface area contributed by atoms with E-state index in [4.69, 9.17) is 4.74 Å². The number of ether oxygens (including phenoxy) is 1. The molecule has 0 radical (unpaired) electrons. The maximum absolute atomic E-state index is 6.13. The Bertz CT molecular complexity index is 393. The van der Waals surface area contributed by atoms with Crippen molar-refractivity contribution in [3.05, 3.63) is 29.8 Å². The second-order valence-corrected chi connectivity index (χ2v) is 6.48. The van der Waals surface area contributed by atoms with Gasteiger partial charge in [-0.1, -0.05) is 32.9 Å². The maximum atomic E-state index is 6.13. The van der Waals surface area contributed by atoms with Crippen molar-refractivity contribution < 1.29 is 4.74 Å². The average molecular weight is 289 g/mol. The zero-order chi connectivity index (χ0) is 15.1. The molecule has 2 nitrogen and oxygen atoms in total. The average Bonchev–Trinajstić information content (AvgIpc) is 2.52. The molecule has 0 saturated heterocycles. The highest BCUT2D eigenvalue weighted by Crippen LogP contribution is 2.28. The Balaban J connectivity index is 1.88. The van der Waals surface area contributed by atoms with Crippen LogP contribution in [-0.4, -0.2) is 12.6 Å². The zero-order valence-electron chi connectivity index (χ0n) is 13.9. The Morgan fingerprint density at radius 3 is 2.33 bits per heavy atom. The third-order valence-electron chi connectivity index (χ3n) is 4.60. The van der Waals surface area contributed by atoms with Gasteiger partial charge in [0, 0.05) is 6.04 Å². The molecule has 1 fully saturated rings. The molecule has 0 spiro atoms. The number of nitrogens with one attached hydrogen (secondary N) is 1. The van der Waals surface area contributed by atoms with Crippen LogP contribution < -0.4 is 10.1 Å². The molecule has 2 rings (SSSR count). The molecule has 21 heavy (non-hydrogen) atoms. The predicted molar refractivity (Wildman–Crippen MR) is 89.8 cm³/mol. The van der Waals surface area contributed by atoms with E-state index in [1.807, 2.05) is 0 Å². The van der Waals surface area contributed by atoms with Crippen molar-refractivity contribution in [1.82, 2.24) is 5.32 Å². The highest BCUT2D eigenvalue weighted by atomic mass is 16.5. The Labute approximate surface area is 130 Å². The largest absolute Gasteiger partial charge is 0.490 e. The van der Waals surface area contributed by atoms with Crippen LogP contribution in [0.2, 0.25) is 0 Å². The van der Waals surface area contributed by atoms with Crippen LogP contribution >= 0.6 is 0 Å². The lowest BCUT2D eigenvalue weighted by Crippen LogP contribution is -2.23. The quantitative estimate of drug-likeness (QED) is 0.754. The Hall–Kier alpha value is -1.02. The molecule has 1 N–H and O–H groups in total. The third kappa shape index (κ3) is 5.03. The highest BCUT2D eigenvalue weighted by Gasteiger charge is 2.19. The first-order valence-corrected chi connectivity index (χ1v) is 8.72. The molecule has 0 heterocycles. The molecule has 0 aliphatic heterocycles. The van der Waals surface area contributed by atoms with Crippen LogP contribution in [0.4, 0.5) is 0 Å². The normalized spacial score (nSPS) is 23.8. The van der Waals surface area contributed by atoms with Gasteiger partial charge in [0.1, 0.15) is 5.75 Å². The molecule has 0 bridgehead atoms. The van der Waals surface area contributed by atoms with Crippen molar-refractivity contribution in [3.63, 3.8) is 0 Å². The van der Waals surface area contributed by atoms with Gasteiger partial charge in [-0.05, 0) is 68.7 Å². The lowest BCUT2D eigenvalue weighted by molar-refractivity contribution is 0.135. The number of rotatable bonds is 7. The number of hydrogen-bond acceptors (Lipinski definition) is 2. The fourth-order valence-corrected chi connectivity index (χ4v) is 3.13. The van der Waals surface area contributed by atoms with Crippen molar-refractivity contribution in [2.75, 3.05) is 6.54 Å². The molecular weight excluding hydrogens is 258 g/mol. The van der Waals surface area contributed by atoms with Crippen LogP contribution in [-0.2, 0) is 0 Å². The Morgan fingerprint density at radius 2 is 1.76 bits per heavy atom. The first-order chi connectivity index (χ1) is 10.2. The van der Waals surface area contributed by atoms with Crippen LogP contribution in [0.25, 0.3) is 0 Å². The monoisotopic (exact) mass is 289 g/mol. The summed E-state index contributed by atoms with van der Waals surface area (Å²) in [5.41, 5.74) is 1.37. The van der Waals surface area contributed by atoms with E-state index in [9.17, 15) is 0 Å². The lowest BCUT2D eigenvalue weighted by Gasteiger charge is -2.27. The fourth-order valence-electron chi connectivity index (χ4n) is 3.13. The van der Waals surface area contributed by atoms with Crippen molar-refractivity contribution >= 4 is 0 Å². The van der Waals surface area contributed by atoms with Crippen molar-refractivity contribution in [3.8, 4) is 5.75 Å². The van der Waals surface area contributed by atoms with Gasteiger partial charge in [-0.2, -0.15) is 0 Å². The first-order valence-electron chi connectivity index (χ1n) is 8.72. The van der Waals surface area contributed by atoms with Crippen molar-refractivity contribution in [2.45, 2.75) is 71.4 Å². The van der Waals surface area contributed by atoms with Gasteiger partial charge in [-0.3, -0.25) is 0 Å². The molecule has 1 aromatic carbocycles. The molecule has 1 atom stereocenters. The fraction of sp³-hybridized carbons (Fsp3) is 0.684. The SMILES string of the molecule is CCCNC(CC)c1ccc(OC2CCC(C)CC2)cc1. The molecule has 0 amide bonds. The topological polar surface area (TPSA) is 21.3 Å². The summed E-state index contributed by atoms with van der Waals surface area (Å²) in [6.45, 7) is 7.87. The van der Waals surface area contributed by atoms with Crippen LogP contribution in [0.5, 0.6) is 5.75 Å². The van der Waals surface area contributed by atoms with Gasteiger partial charge < -0.3 is 10.1 Å². The van der Waals surface area contributed by atoms with Gasteiger partial charge in [-0.25, -0.2) is 0 Å².